The maximum atomic E-state index is 14.1. The van der Waals surface area contributed by atoms with Crippen molar-refractivity contribution in [2.45, 2.75) is 43.9 Å². The predicted octanol–water partition coefficient (Wildman–Crippen LogP) is 6.42. The maximum absolute atomic E-state index is 14.1. The number of rotatable bonds is 8. The third kappa shape index (κ3) is 5.35. The monoisotopic (exact) mass is 542 g/mol. The van der Waals surface area contributed by atoms with Gasteiger partial charge in [-0.1, -0.05) is 12.1 Å². The summed E-state index contributed by atoms with van der Waals surface area (Å²) in [7, 11) is 4.36. The Hall–Kier alpha value is -3.88. The molecule has 206 valence electrons. The van der Waals surface area contributed by atoms with E-state index in [2.05, 4.69) is 0 Å². The molecule has 0 saturated carbocycles. The predicted molar refractivity (Wildman–Crippen MR) is 137 cm³/mol. The number of carbonyl (C=O) groups excluding carboxylic acids is 1. The summed E-state index contributed by atoms with van der Waals surface area (Å²) in [6, 6.07) is 13.2. The number of carbonyl (C=O) groups is 1. The lowest BCUT2D eigenvalue weighted by molar-refractivity contribution is -0.141. The second-order valence-electron chi connectivity index (χ2n) is 9.64. The standard InChI is InChI=1S/C30H29F3O6/c1-35-19-5-10-26(36-2)17(12-19)13-24-22-8-11-27(23(22)7-9-25(24)30(31,32)33)39-20-4-6-21-18(14-29(34)37-3)16-38-28(21)15-20/h4-7,9-10,12,15,18,27H,8,11,13-14,16H2,1-3H3/t18-,27-/m1/s1. The van der Waals surface area contributed by atoms with E-state index in [9.17, 15) is 18.0 Å². The van der Waals surface area contributed by atoms with Crippen molar-refractivity contribution in [1.29, 1.82) is 0 Å². The molecule has 0 saturated heterocycles. The van der Waals surface area contributed by atoms with Gasteiger partial charge in [0.2, 0.25) is 0 Å². The van der Waals surface area contributed by atoms with Crippen molar-refractivity contribution in [3.8, 4) is 23.0 Å². The van der Waals surface area contributed by atoms with E-state index in [1.165, 1.54) is 27.4 Å². The van der Waals surface area contributed by atoms with Gasteiger partial charge in [-0.25, -0.2) is 0 Å². The number of halogens is 3. The van der Waals surface area contributed by atoms with Gasteiger partial charge in [0.25, 0.3) is 0 Å². The summed E-state index contributed by atoms with van der Waals surface area (Å²) in [5.74, 6) is 1.83. The van der Waals surface area contributed by atoms with E-state index >= 15 is 0 Å². The summed E-state index contributed by atoms with van der Waals surface area (Å²) >= 11 is 0. The van der Waals surface area contributed by atoms with E-state index in [1.54, 1.807) is 24.3 Å². The van der Waals surface area contributed by atoms with Crippen molar-refractivity contribution in [2.75, 3.05) is 27.9 Å². The first-order valence-electron chi connectivity index (χ1n) is 12.6. The molecule has 2 atom stereocenters. The molecule has 0 amide bonds. The molecular formula is C30H29F3O6. The summed E-state index contributed by atoms with van der Waals surface area (Å²) in [4.78, 5) is 11.7. The molecule has 9 heteroatoms. The van der Waals surface area contributed by atoms with Gasteiger partial charge in [0.05, 0.1) is 39.9 Å². The normalized spacial score (nSPS) is 17.7. The number of benzene rings is 3. The van der Waals surface area contributed by atoms with Crippen molar-refractivity contribution in [1.82, 2.24) is 0 Å². The van der Waals surface area contributed by atoms with Gasteiger partial charge in [0.15, 0.2) is 0 Å². The molecule has 0 N–H and O–H groups in total. The molecule has 0 fully saturated rings. The third-order valence-corrected chi connectivity index (χ3v) is 7.41. The average molecular weight is 543 g/mol. The minimum atomic E-state index is -4.51. The Morgan fingerprint density at radius 2 is 1.74 bits per heavy atom. The van der Waals surface area contributed by atoms with Crippen LogP contribution in [0.25, 0.3) is 0 Å². The highest BCUT2D eigenvalue weighted by atomic mass is 19.4. The first-order chi connectivity index (χ1) is 18.7. The number of alkyl halides is 3. The highest BCUT2D eigenvalue weighted by Crippen LogP contribution is 2.45. The van der Waals surface area contributed by atoms with Gasteiger partial charge in [-0.15, -0.1) is 0 Å². The van der Waals surface area contributed by atoms with Crippen LogP contribution in [0.3, 0.4) is 0 Å². The fraction of sp³-hybridized carbons (Fsp3) is 0.367. The van der Waals surface area contributed by atoms with Crippen LogP contribution in [0.5, 0.6) is 23.0 Å². The zero-order valence-electron chi connectivity index (χ0n) is 21.9. The maximum Gasteiger partial charge on any atom is 0.416 e. The minimum absolute atomic E-state index is 0.0410. The van der Waals surface area contributed by atoms with Crippen molar-refractivity contribution in [2.24, 2.45) is 0 Å². The van der Waals surface area contributed by atoms with E-state index in [4.69, 9.17) is 23.7 Å². The first-order valence-corrected chi connectivity index (χ1v) is 12.6. The lowest BCUT2D eigenvalue weighted by atomic mass is 9.91. The summed E-state index contributed by atoms with van der Waals surface area (Å²) in [6.45, 7) is 0.372. The van der Waals surface area contributed by atoms with E-state index in [0.717, 1.165) is 17.2 Å². The van der Waals surface area contributed by atoms with Gasteiger partial charge in [-0.2, -0.15) is 13.2 Å². The van der Waals surface area contributed by atoms with Crippen LogP contribution in [-0.2, 0) is 28.5 Å². The molecule has 0 radical (unpaired) electrons. The highest BCUT2D eigenvalue weighted by molar-refractivity contribution is 5.71. The van der Waals surface area contributed by atoms with Crippen LogP contribution in [0.1, 0.15) is 58.2 Å². The molecule has 6 nitrogen and oxygen atoms in total. The fourth-order valence-corrected chi connectivity index (χ4v) is 5.49. The van der Waals surface area contributed by atoms with Crippen LogP contribution in [0.15, 0.2) is 48.5 Å². The molecule has 1 heterocycles. The lowest BCUT2D eigenvalue weighted by Gasteiger charge is -2.20. The van der Waals surface area contributed by atoms with Gasteiger partial charge in [0.1, 0.15) is 29.1 Å². The SMILES string of the molecule is COC(=O)C[C@@H]1COc2cc(O[C@@H]3CCc4c3ccc(C(F)(F)F)c4Cc3cc(OC)ccc3OC)ccc21. The molecule has 0 spiro atoms. The second kappa shape index (κ2) is 10.7. The van der Waals surface area contributed by atoms with Crippen molar-refractivity contribution in [3.05, 3.63) is 81.9 Å². The Morgan fingerprint density at radius 1 is 0.974 bits per heavy atom. The fourth-order valence-electron chi connectivity index (χ4n) is 5.49. The number of ether oxygens (including phenoxy) is 5. The van der Waals surface area contributed by atoms with Crippen molar-refractivity contribution < 1.29 is 41.7 Å². The van der Waals surface area contributed by atoms with Crippen molar-refractivity contribution >= 4 is 5.97 Å². The van der Waals surface area contributed by atoms with Gasteiger partial charge in [0, 0.05) is 29.5 Å². The largest absolute Gasteiger partial charge is 0.497 e. The van der Waals surface area contributed by atoms with Crippen LogP contribution < -0.4 is 18.9 Å². The number of fused-ring (bicyclic) bond motifs is 2. The summed E-state index contributed by atoms with van der Waals surface area (Å²) < 4.78 is 69.9. The number of hydrogen-bond donors (Lipinski definition) is 0. The molecule has 0 unspecified atom stereocenters. The molecule has 5 rings (SSSR count). The number of esters is 1. The first kappa shape index (κ1) is 26.7. The Kier molecular flexibility index (Phi) is 7.34. The van der Waals surface area contributed by atoms with Gasteiger partial charge >= 0.3 is 12.1 Å². The van der Waals surface area contributed by atoms with Crippen molar-refractivity contribution in [3.63, 3.8) is 0 Å². The van der Waals surface area contributed by atoms with Crippen LogP contribution in [0.2, 0.25) is 0 Å². The number of methoxy groups -OCH3 is 3. The smallest absolute Gasteiger partial charge is 0.416 e. The van der Waals surface area contributed by atoms with Gasteiger partial charge in [-0.3, -0.25) is 4.79 Å². The zero-order chi connectivity index (χ0) is 27.7. The Bertz CT molecular complexity index is 1380. The molecule has 39 heavy (non-hydrogen) atoms. The average Bonchev–Trinajstić information content (AvgIpc) is 3.52. The van der Waals surface area contributed by atoms with E-state index in [-0.39, 0.29) is 30.3 Å². The third-order valence-electron chi connectivity index (χ3n) is 7.41. The van der Waals surface area contributed by atoms with Crippen LogP contribution >= 0.6 is 0 Å². The lowest BCUT2D eigenvalue weighted by Crippen LogP contribution is -2.13. The van der Waals surface area contributed by atoms with E-state index in [0.29, 0.717) is 53.6 Å². The number of hydrogen-bond acceptors (Lipinski definition) is 6. The van der Waals surface area contributed by atoms with Crippen LogP contribution in [0.4, 0.5) is 13.2 Å². The summed E-state index contributed by atoms with van der Waals surface area (Å²) in [5, 5.41) is 0. The zero-order valence-corrected chi connectivity index (χ0v) is 21.9. The van der Waals surface area contributed by atoms with E-state index in [1.807, 2.05) is 12.1 Å². The van der Waals surface area contributed by atoms with Gasteiger partial charge < -0.3 is 23.7 Å². The molecule has 0 bridgehead atoms. The van der Waals surface area contributed by atoms with Crippen LogP contribution in [-0.4, -0.2) is 33.9 Å². The quantitative estimate of drug-likeness (QED) is 0.306. The van der Waals surface area contributed by atoms with Crippen LogP contribution in [0, 0.1) is 0 Å². The Balaban J connectivity index is 1.44. The summed E-state index contributed by atoms with van der Waals surface area (Å²) in [6.07, 6.45) is -3.65. The molecular weight excluding hydrogens is 513 g/mol. The molecule has 0 aromatic heterocycles. The Labute approximate surface area is 224 Å². The topological polar surface area (TPSA) is 63.2 Å². The highest BCUT2D eigenvalue weighted by Gasteiger charge is 2.38. The second-order valence-corrected chi connectivity index (χ2v) is 9.64. The van der Waals surface area contributed by atoms with E-state index < -0.39 is 17.8 Å². The molecule has 2 aliphatic rings. The molecule has 3 aromatic carbocycles. The Morgan fingerprint density at radius 3 is 2.46 bits per heavy atom. The molecule has 3 aromatic rings. The summed E-state index contributed by atoms with van der Waals surface area (Å²) in [5.41, 5.74) is 2.47. The van der Waals surface area contributed by atoms with Gasteiger partial charge in [-0.05, 0) is 59.9 Å². The molecule has 1 aliphatic heterocycles. The minimum Gasteiger partial charge on any atom is -0.497 e. The molecule has 1 aliphatic carbocycles.